The van der Waals surface area contributed by atoms with Crippen LogP contribution in [0, 0.1) is 0 Å². The third-order valence-corrected chi connectivity index (χ3v) is 3.11. The lowest BCUT2D eigenvalue weighted by atomic mass is 10.3. The number of nitrogens with zero attached hydrogens (tertiary/aromatic N) is 1. The van der Waals surface area contributed by atoms with Gasteiger partial charge in [-0.2, -0.15) is 0 Å². The summed E-state index contributed by atoms with van der Waals surface area (Å²) in [6.45, 7) is 0. The number of anilines is 1. The van der Waals surface area contributed by atoms with Gasteiger partial charge in [-0.25, -0.2) is 4.79 Å². The smallest absolute Gasteiger partial charge is 0.348 e. The number of pyridine rings is 1. The van der Waals surface area contributed by atoms with Crippen LogP contribution in [0.25, 0.3) is 0 Å². The fourth-order valence-corrected chi connectivity index (χ4v) is 2.11. The maximum Gasteiger partial charge on any atom is 0.348 e. The van der Waals surface area contributed by atoms with E-state index in [9.17, 15) is 9.59 Å². The van der Waals surface area contributed by atoms with Crippen LogP contribution in [0.4, 0.5) is 5.00 Å². The normalized spacial score (nSPS) is 9.83. The van der Waals surface area contributed by atoms with Gasteiger partial charge < -0.3 is 10.1 Å². The number of thiophene rings is 1. The third kappa shape index (κ3) is 2.72. The van der Waals surface area contributed by atoms with Crippen LogP contribution in [0.1, 0.15) is 20.2 Å². The number of aromatic nitrogens is 1. The lowest BCUT2D eigenvalue weighted by Gasteiger charge is -2.00. The Morgan fingerprint density at radius 3 is 2.78 bits per heavy atom. The number of carbonyl (C=O) groups excluding carboxylic acids is 2. The first-order chi connectivity index (χ1) is 8.70. The molecule has 0 aromatic carbocycles. The molecule has 0 aliphatic heterocycles. The second-order valence-electron chi connectivity index (χ2n) is 3.32. The molecule has 0 radical (unpaired) electrons. The Labute approximate surface area is 107 Å². The van der Waals surface area contributed by atoms with Crippen molar-refractivity contribution >= 4 is 28.2 Å². The standard InChI is InChI=1S/C12H10N2O3S/c1-17-12(16)9-5-6-10(18-9)14-11(15)8-4-2-3-7-13-8/h2-7H,1H3,(H,14,15). The van der Waals surface area contributed by atoms with Crippen LogP contribution in [0.2, 0.25) is 0 Å². The van der Waals surface area contributed by atoms with Crippen LogP contribution in [0.15, 0.2) is 36.5 Å². The molecule has 0 aliphatic carbocycles. The molecule has 1 N–H and O–H groups in total. The molecule has 6 heteroatoms. The Morgan fingerprint density at radius 2 is 2.11 bits per heavy atom. The molecule has 0 saturated heterocycles. The van der Waals surface area contributed by atoms with Gasteiger partial charge in [0.25, 0.3) is 5.91 Å². The quantitative estimate of drug-likeness (QED) is 0.861. The molecule has 0 bridgehead atoms. The highest BCUT2D eigenvalue weighted by Gasteiger charge is 2.12. The van der Waals surface area contributed by atoms with Crippen molar-refractivity contribution in [3.05, 3.63) is 47.1 Å². The van der Waals surface area contributed by atoms with Gasteiger partial charge in [0.2, 0.25) is 0 Å². The van der Waals surface area contributed by atoms with Gasteiger partial charge in [-0.15, -0.1) is 11.3 Å². The maximum atomic E-state index is 11.8. The molecule has 0 atom stereocenters. The molecule has 1 amide bonds. The summed E-state index contributed by atoms with van der Waals surface area (Å²) in [7, 11) is 1.31. The van der Waals surface area contributed by atoms with Gasteiger partial charge >= 0.3 is 5.97 Å². The molecular formula is C12H10N2O3S. The second-order valence-corrected chi connectivity index (χ2v) is 4.41. The fraction of sp³-hybridized carbons (Fsp3) is 0.0833. The first-order valence-electron chi connectivity index (χ1n) is 5.11. The van der Waals surface area contributed by atoms with E-state index < -0.39 is 5.97 Å². The number of ether oxygens (including phenoxy) is 1. The van der Waals surface area contributed by atoms with Gasteiger partial charge in [-0.1, -0.05) is 6.07 Å². The van der Waals surface area contributed by atoms with Crippen molar-refractivity contribution in [2.75, 3.05) is 12.4 Å². The molecule has 18 heavy (non-hydrogen) atoms. The van der Waals surface area contributed by atoms with E-state index in [0.717, 1.165) is 11.3 Å². The van der Waals surface area contributed by atoms with E-state index in [0.29, 0.717) is 15.6 Å². The van der Waals surface area contributed by atoms with E-state index in [1.54, 1.807) is 36.5 Å². The van der Waals surface area contributed by atoms with Gasteiger partial charge in [-0.05, 0) is 24.3 Å². The van der Waals surface area contributed by atoms with Gasteiger partial charge in [0.15, 0.2) is 0 Å². The summed E-state index contributed by atoms with van der Waals surface area (Å²) in [5, 5.41) is 3.24. The summed E-state index contributed by atoms with van der Waals surface area (Å²) < 4.78 is 4.59. The fourth-order valence-electron chi connectivity index (χ4n) is 1.29. The molecule has 2 heterocycles. The minimum Gasteiger partial charge on any atom is -0.465 e. The Balaban J connectivity index is 2.08. The Morgan fingerprint density at radius 1 is 1.28 bits per heavy atom. The van der Waals surface area contributed by atoms with Crippen LogP contribution in [0.5, 0.6) is 0 Å². The van der Waals surface area contributed by atoms with E-state index in [-0.39, 0.29) is 5.91 Å². The third-order valence-electron chi connectivity index (χ3n) is 2.13. The molecule has 0 spiro atoms. The number of nitrogens with one attached hydrogen (secondary N) is 1. The number of amides is 1. The van der Waals surface area contributed by atoms with Gasteiger partial charge in [0.1, 0.15) is 10.6 Å². The van der Waals surface area contributed by atoms with Crippen molar-refractivity contribution in [2.45, 2.75) is 0 Å². The Kier molecular flexibility index (Phi) is 3.69. The number of carbonyl (C=O) groups is 2. The summed E-state index contributed by atoms with van der Waals surface area (Å²) >= 11 is 1.15. The molecular weight excluding hydrogens is 252 g/mol. The van der Waals surface area contributed by atoms with E-state index in [1.165, 1.54) is 7.11 Å². The van der Waals surface area contributed by atoms with Crippen molar-refractivity contribution in [3.8, 4) is 0 Å². The second kappa shape index (κ2) is 5.42. The molecule has 0 aliphatic rings. The molecule has 2 aromatic rings. The van der Waals surface area contributed by atoms with Crippen molar-refractivity contribution in [1.82, 2.24) is 4.98 Å². The number of hydrogen-bond acceptors (Lipinski definition) is 5. The summed E-state index contributed by atoms with van der Waals surface area (Å²) in [6, 6.07) is 8.33. The van der Waals surface area contributed by atoms with Crippen LogP contribution in [-0.2, 0) is 4.74 Å². The van der Waals surface area contributed by atoms with Gasteiger partial charge in [0, 0.05) is 6.20 Å². The van der Waals surface area contributed by atoms with Crippen molar-refractivity contribution < 1.29 is 14.3 Å². The zero-order valence-electron chi connectivity index (χ0n) is 9.54. The lowest BCUT2D eigenvalue weighted by molar-refractivity contribution is 0.0606. The molecule has 2 aromatic heterocycles. The van der Waals surface area contributed by atoms with E-state index in [2.05, 4.69) is 15.0 Å². The van der Waals surface area contributed by atoms with Crippen molar-refractivity contribution in [3.63, 3.8) is 0 Å². The van der Waals surface area contributed by atoms with E-state index in [4.69, 9.17) is 0 Å². The van der Waals surface area contributed by atoms with E-state index >= 15 is 0 Å². The highest BCUT2D eigenvalue weighted by atomic mass is 32.1. The number of esters is 1. The highest BCUT2D eigenvalue weighted by molar-refractivity contribution is 7.18. The topological polar surface area (TPSA) is 68.3 Å². The monoisotopic (exact) mass is 262 g/mol. The first-order valence-corrected chi connectivity index (χ1v) is 5.93. The van der Waals surface area contributed by atoms with Crippen molar-refractivity contribution in [1.29, 1.82) is 0 Å². The number of methoxy groups -OCH3 is 1. The average molecular weight is 262 g/mol. The van der Waals surface area contributed by atoms with Crippen LogP contribution < -0.4 is 5.32 Å². The van der Waals surface area contributed by atoms with Gasteiger partial charge in [-0.3, -0.25) is 9.78 Å². The summed E-state index contributed by atoms with van der Waals surface area (Å²) in [5.74, 6) is -0.729. The zero-order chi connectivity index (χ0) is 13.0. The SMILES string of the molecule is COC(=O)c1ccc(NC(=O)c2ccccn2)s1. The predicted molar refractivity (Wildman–Crippen MR) is 67.8 cm³/mol. The van der Waals surface area contributed by atoms with Gasteiger partial charge in [0.05, 0.1) is 12.1 Å². The minimum absolute atomic E-state index is 0.311. The summed E-state index contributed by atoms with van der Waals surface area (Å²) in [4.78, 5) is 27.4. The Hall–Kier alpha value is -2.21. The molecule has 5 nitrogen and oxygen atoms in total. The zero-order valence-corrected chi connectivity index (χ0v) is 10.4. The molecule has 0 fully saturated rings. The average Bonchev–Trinajstić information content (AvgIpc) is 2.87. The lowest BCUT2D eigenvalue weighted by Crippen LogP contribution is -2.12. The minimum atomic E-state index is -0.418. The predicted octanol–water partition coefficient (Wildman–Crippen LogP) is 2.18. The molecule has 92 valence electrons. The molecule has 2 rings (SSSR count). The largest absolute Gasteiger partial charge is 0.465 e. The summed E-state index contributed by atoms with van der Waals surface area (Å²) in [5.41, 5.74) is 0.325. The molecule has 0 unspecified atom stereocenters. The van der Waals surface area contributed by atoms with Crippen LogP contribution in [0.3, 0.4) is 0 Å². The first kappa shape index (κ1) is 12.3. The van der Waals surface area contributed by atoms with E-state index in [1.807, 2.05) is 0 Å². The highest BCUT2D eigenvalue weighted by Crippen LogP contribution is 2.22. The Bertz CT molecular complexity index is 566. The maximum absolute atomic E-state index is 11.8. The van der Waals surface area contributed by atoms with Crippen LogP contribution in [-0.4, -0.2) is 24.0 Å². The van der Waals surface area contributed by atoms with Crippen LogP contribution >= 0.6 is 11.3 Å². The number of hydrogen-bond donors (Lipinski definition) is 1. The summed E-state index contributed by atoms with van der Waals surface area (Å²) in [6.07, 6.45) is 1.54. The van der Waals surface area contributed by atoms with Crippen molar-refractivity contribution in [2.24, 2.45) is 0 Å². The number of rotatable bonds is 3. The molecule has 0 saturated carbocycles.